The number of hydrogen-bond donors (Lipinski definition) is 0. The summed E-state index contributed by atoms with van der Waals surface area (Å²) in [6.07, 6.45) is 1.96. The number of ether oxygens (including phenoxy) is 2. The molecule has 0 N–H and O–H groups in total. The van der Waals surface area contributed by atoms with E-state index < -0.39 is 6.29 Å². The smallest absolute Gasteiger partial charge is 0.309 e. The Morgan fingerprint density at radius 2 is 2.20 bits per heavy atom. The molecule has 0 aromatic heterocycles. The monoisotopic (exact) mass is 212 g/mol. The van der Waals surface area contributed by atoms with E-state index in [1.165, 1.54) is 6.92 Å². The Balaban J connectivity index is 2.12. The Labute approximate surface area is 88.9 Å². The molecular weight excluding hydrogens is 196 g/mol. The molecule has 84 valence electrons. The van der Waals surface area contributed by atoms with Crippen LogP contribution in [0.4, 0.5) is 0 Å². The van der Waals surface area contributed by atoms with Crippen LogP contribution in [0.2, 0.25) is 0 Å². The number of fused-ring (bicyclic) bond motifs is 1. The molecule has 1 saturated carbocycles. The van der Waals surface area contributed by atoms with Crippen molar-refractivity contribution in [2.24, 2.45) is 17.8 Å². The van der Waals surface area contributed by atoms with Crippen molar-refractivity contribution in [1.29, 1.82) is 0 Å². The molecule has 0 bridgehead atoms. The summed E-state index contributed by atoms with van der Waals surface area (Å²) in [5, 5.41) is 0. The van der Waals surface area contributed by atoms with E-state index >= 15 is 0 Å². The first-order valence-electron chi connectivity index (χ1n) is 5.44. The maximum atomic E-state index is 11.3. The zero-order chi connectivity index (χ0) is 11.0. The third-order valence-electron chi connectivity index (χ3n) is 3.47. The fourth-order valence-electron chi connectivity index (χ4n) is 2.79. The lowest BCUT2D eigenvalue weighted by atomic mass is 9.86. The Hall–Kier alpha value is -1.06. The Morgan fingerprint density at radius 1 is 1.47 bits per heavy atom. The summed E-state index contributed by atoms with van der Waals surface area (Å²) < 4.78 is 10.2. The maximum Gasteiger partial charge on any atom is 0.309 e. The maximum absolute atomic E-state index is 11.3. The van der Waals surface area contributed by atoms with Crippen molar-refractivity contribution in [3.63, 3.8) is 0 Å². The Morgan fingerprint density at radius 3 is 2.87 bits per heavy atom. The Bertz CT molecular complexity index is 284. The van der Waals surface area contributed by atoms with Crippen LogP contribution < -0.4 is 0 Å². The summed E-state index contributed by atoms with van der Waals surface area (Å²) >= 11 is 0. The van der Waals surface area contributed by atoms with Crippen molar-refractivity contribution in [2.45, 2.75) is 39.4 Å². The minimum Gasteiger partial charge on any atom is -0.425 e. The topological polar surface area (TPSA) is 52.6 Å². The van der Waals surface area contributed by atoms with E-state index in [9.17, 15) is 9.59 Å². The SMILES string of the molecule is CC(=O)OC1OC(=O)C[C@@H]2CC[C@@H](C)[C@H]12. The molecule has 0 aromatic rings. The van der Waals surface area contributed by atoms with Crippen LogP contribution in [-0.2, 0) is 19.1 Å². The highest BCUT2D eigenvalue weighted by molar-refractivity contribution is 5.71. The highest BCUT2D eigenvalue weighted by Gasteiger charge is 2.46. The van der Waals surface area contributed by atoms with E-state index in [4.69, 9.17) is 9.47 Å². The number of rotatable bonds is 1. The van der Waals surface area contributed by atoms with Gasteiger partial charge in [-0.1, -0.05) is 6.92 Å². The van der Waals surface area contributed by atoms with Gasteiger partial charge in [-0.15, -0.1) is 0 Å². The molecule has 2 aliphatic rings. The fourth-order valence-corrected chi connectivity index (χ4v) is 2.79. The molecule has 1 heterocycles. The number of carbonyl (C=O) groups excluding carboxylic acids is 2. The minimum absolute atomic E-state index is 0.201. The number of carbonyl (C=O) groups is 2. The molecule has 0 aromatic carbocycles. The van der Waals surface area contributed by atoms with Gasteiger partial charge in [0.2, 0.25) is 0 Å². The van der Waals surface area contributed by atoms with Crippen LogP contribution in [0.3, 0.4) is 0 Å². The van der Waals surface area contributed by atoms with Crippen LogP contribution in [0.25, 0.3) is 0 Å². The second-order valence-electron chi connectivity index (χ2n) is 4.56. The lowest BCUT2D eigenvalue weighted by Crippen LogP contribution is -2.41. The van der Waals surface area contributed by atoms with Gasteiger partial charge in [-0.05, 0) is 24.7 Å². The van der Waals surface area contributed by atoms with Crippen molar-refractivity contribution in [1.82, 2.24) is 0 Å². The molecule has 4 atom stereocenters. The van der Waals surface area contributed by atoms with Crippen LogP contribution in [0.15, 0.2) is 0 Å². The lowest BCUT2D eigenvalue weighted by Gasteiger charge is -2.34. The first kappa shape index (κ1) is 10.5. The molecule has 1 aliphatic carbocycles. The van der Waals surface area contributed by atoms with Crippen LogP contribution in [0.5, 0.6) is 0 Å². The molecule has 2 rings (SSSR count). The van der Waals surface area contributed by atoms with Gasteiger partial charge >= 0.3 is 11.9 Å². The summed E-state index contributed by atoms with van der Waals surface area (Å²) in [5.41, 5.74) is 0. The normalized spacial score (nSPS) is 39.5. The van der Waals surface area contributed by atoms with Gasteiger partial charge in [-0.3, -0.25) is 9.59 Å². The van der Waals surface area contributed by atoms with Crippen molar-refractivity contribution < 1.29 is 19.1 Å². The van der Waals surface area contributed by atoms with Gasteiger partial charge in [0.25, 0.3) is 6.29 Å². The molecule has 0 spiro atoms. The second kappa shape index (κ2) is 3.83. The van der Waals surface area contributed by atoms with Gasteiger partial charge in [-0.2, -0.15) is 0 Å². The van der Waals surface area contributed by atoms with E-state index in [0.29, 0.717) is 18.3 Å². The van der Waals surface area contributed by atoms with Gasteiger partial charge in [0.05, 0.1) is 0 Å². The highest BCUT2D eigenvalue weighted by atomic mass is 16.7. The average Bonchev–Trinajstić information content (AvgIpc) is 2.46. The van der Waals surface area contributed by atoms with Gasteiger partial charge < -0.3 is 9.47 Å². The van der Waals surface area contributed by atoms with E-state index in [1.54, 1.807) is 0 Å². The summed E-state index contributed by atoms with van der Waals surface area (Å²) in [5.74, 6) is 0.383. The molecule has 1 unspecified atom stereocenters. The van der Waals surface area contributed by atoms with Crippen LogP contribution in [0, 0.1) is 17.8 Å². The number of cyclic esters (lactones) is 1. The number of hydrogen-bond acceptors (Lipinski definition) is 4. The first-order valence-corrected chi connectivity index (χ1v) is 5.44. The van der Waals surface area contributed by atoms with Gasteiger partial charge in [0, 0.05) is 19.3 Å². The summed E-state index contributed by atoms with van der Waals surface area (Å²) in [4.78, 5) is 22.2. The lowest BCUT2D eigenvalue weighted by molar-refractivity contribution is -0.213. The van der Waals surface area contributed by atoms with Gasteiger partial charge in [0.1, 0.15) is 0 Å². The van der Waals surface area contributed by atoms with Crippen molar-refractivity contribution in [3.8, 4) is 0 Å². The average molecular weight is 212 g/mol. The quantitative estimate of drug-likeness (QED) is 0.618. The number of esters is 2. The van der Waals surface area contributed by atoms with E-state index in [2.05, 4.69) is 6.92 Å². The fraction of sp³-hybridized carbons (Fsp3) is 0.818. The van der Waals surface area contributed by atoms with Crippen LogP contribution in [-0.4, -0.2) is 18.2 Å². The Kier molecular flexibility index (Phi) is 2.67. The molecule has 2 fully saturated rings. The molecule has 1 aliphatic heterocycles. The predicted molar refractivity (Wildman–Crippen MR) is 51.6 cm³/mol. The van der Waals surface area contributed by atoms with E-state index in [0.717, 1.165) is 12.8 Å². The van der Waals surface area contributed by atoms with E-state index in [-0.39, 0.29) is 17.9 Å². The molecule has 1 saturated heterocycles. The summed E-state index contributed by atoms with van der Waals surface area (Å²) in [6.45, 7) is 3.47. The standard InChI is InChI=1S/C11H16O4/c1-6-3-4-8-5-9(13)15-11(10(6)8)14-7(2)12/h6,8,10-11H,3-5H2,1-2H3/t6-,8+,10+,11?/m1/s1. The molecule has 4 nitrogen and oxygen atoms in total. The minimum atomic E-state index is -0.647. The third kappa shape index (κ3) is 1.98. The van der Waals surface area contributed by atoms with Crippen LogP contribution >= 0.6 is 0 Å². The van der Waals surface area contributed by atoms with Crippen molar-refractivity contribution in [2.75, 3.05) is 0 Å². The zero-order valence-electron chi connectivity index (χ0n) is 9.06. The molecule has 4 heteroatoms. The molecule has 15 heavy (non-hydrogen) atoms. The van der Waals surface area contributed by atoms with Gasteiger partial charge in [-0.25, -0.2) is 0 Å². The van der Waals surface area contributed by atoms with Crippen molar-refractivity contribution in [3.05, 3.63) is 0 Å². The summed E-state index contributed by atoms with van der Waals surface area (Å²) in [6, 6.07) is 0. The third-order valence-corrected chi connectivity index (χ3v) is 3.47. The molecular formula is C11H16O4. The summed E-state index contributed by atoms with van der Waals surface area (Å²) in [7, 11) is 0. The van der Waals surface area contributed by atoms with E-state index in [1.807, 2.05) is 0 Å². The largest absolute Gasteiger partial charge is 0.425 e. The zero-order valence-corrected chi connectivity index (χ0v) is 9.06. The second-order valence-corrected chi connectivity index (χ2v) is 4.56. The molecule has 0 radical (unpaired) electrons. The highest BCUT2D eigenvalue weighted by Crippen LogP contribution is 2.44. The predicted octanol–water partition coefficient (Wildman–Crippen LogP) is 1.48. The molecule has 0 amide bonds. The van der Waals surface area contributed by atoms with Crippen molar-refractivity contribution >= 4 is 11.9 Å². The van der Waals surface area contributed by atoms with Gasteiger partial charge in [0.15, 0.2) is 0 Å². The first-order chi connectivity index (χ1) is 7.08. The van der Waals surface area contributed by atoms with Crippen LogP contribution in [0.1, 0.15) is 33.1 Å².